The van der Waals surface area contributed by atoms with Crippen LogP contribution in [0.25, 0.3) is 0 Å². The highest BCUT2D eigenvalue weighted by Crippen LogP contribution is 2.27. The molecule has 2 aromatic carbocycles. The fourth-order valence-corrected chi connectivity index (χ4v) is 3.55. The second-order valence-electron chi connectivity index (χ2n) is 7.49. The van der Waals surface area contributed by atoms with Gasteiger partial charge in [-0.25, -0.2) is 13.2 Å². The summed E-state index contributed by atoms with van der Waals surface area (Å²) < 4.78 is 43.0. The lowest BCUT2D eigenvalue weighted by Gasteiger charge is -2.23. The average molecular weight is 388 g/mol. The van der Waals surface area contributed by atoms with Crippen LogP contribution in [0.1, 0.15) is 41.7 Å². The Hall–Kier alpha value is -2.56. The van der Waals surface area contributed by atoms with Gasteiger partial charge in [-0.2, -0.15) is 0 Å². The first-order chi connectivity index (χ1) is 13.1. The van der Waals surface area contributed by atoms with Crippen molar-refractivity contribution in [3.8, 4) is 0 Å². The number of hydrogen-bond acceptors (Lipinski definition) is 2. The van der Waals surface area contributed by atoms with E-state index in [-0.39, 0.29) is 23.8 Å². The largest absolute Gasteiger partial charge is 0.402 e. The van der Waals surface area contributed by atoms with Crippen LogP contribution in [0.15, 0.2) is 41.5 Å². The van der Waals surface area contributed by atoms with E-state index in [9.17, 15) is 13.2 Å². The zero-order valence-electron chi connectivity index (χ0n) is 17.0. The molecule has 150 valence electrons. The number of aryl methyl sites for hydroxylation is 1. The highest BCUT2D eigenvalue weighted by Gasteiger charge is 2.25. The number of nitrogens with two attached hydrogens (primary N) is 1. The van der Waals surface area contributed by atoms with Crippen molar-refractivity contribution in [2.75, 3.05) is 7.05 Å². The number of nitrogens with zero attached hydrogens (tertiary/aromatic N) is 1. The molecule has 1 atom stereocenters. The predicted molar refractivity (Wildman–Crippen MR) is 109 cm³/mol. The van der Waals surface area contributed by atoms with Crippen LogP contribution in [0.5, 0.6) is 0 Å². The molecule has 2 rings (SSSR count). The van der Waals surface area contributed by atoms with Crippen LogP contribution in [0, 0.1) is 43.1 Å². The molecule has 0 aliphatic heterocycles. The lowest BCUT2D eigenvalue weighted by Crippen LogP contribution is -2.27. The number of hydrogen-bond donors (Lipinski definition) is 1. The van der Waals surface area contributed by atoms with Crippen molar-refractivity contribution in [2.45, 2.75) is 34.1 Å². The molecule has 0 heterocycles. The summed E-state index contributed by atoms with van der Waals surface area (Å²) in [4.78, 5) is 4.25. The topological polar surface area (TPSA) is 38.4 Å². The standard InChI is InChI=1S/C23H27F3N2/c1-12(2)21(15(5)27)23(28-6)17-8-7-16(11-19(17)24)10-18-14(4)13(3)9-20(25)22(18)26/h7-9,11-12,21H,5,10,27H2,1-4,6H3. The molecule has 28 heavy (non-hydrogen) atoms. The molecule has 1 unspecified atom stereocenters. The minimum absolute atomic E-state index is 0.0993. The van der Waals surface area contributed by atoms with E-state index in [2.05, 4.69) is 11.6 Å². The van der Waals surface area contributed by atoms with Crippen LogP contribution in [0.3, 0.4) is 0 Å². The molecule has 0 aliphatic carbocycles. The van der Waals surface area contributed by atoms with Crippen LogP contribution in [-0.4, -0.2) is 12.8 Å². The highest BCUT2D eigenvalue weighted by atomic mass is 19.2. The molecule has 5 heteroatoms. The van der Waals surface area contributed by atoms with Gasteiger partial charge in [0.25, 0.3) is 0 Å². The molecule has 0 amide bonds. The summed E-state index contributed by atoms with van der Waals surface area (Å²) in [6.07, 6.45) is 0.100. The number of allylic oxidation sites excluding steroid dienone is 1. The van der Waals surface area contributed by atoms with Gasteiger partial charge in [0.05, 0.1) is 5.71 Å². The molecule has 0 radical (unpaired) electrons. The third-order valence-corrected chi connectivity index (χ3v) is 5.15. The van der Waals surface area contributed by atoms with E-state index in [4.69, 9.17) is 5.73 Å². The molecule has 0 saturated carbocycles. The van der Waals surface area contributed by atoms with Gasteiger partial charge in [-0.3, -0.25) is 4.99 Å². The fourth-order valence-electron chi connectivity index (χ4n) is 3.55. The molecule has 2 nitrogen and oxygen atoms in total. The zero-order chi connectivity index (χ0) is 21.2. The van der Waals surface area contributed by atoms with Crippen LogP contribution in [0.4, 0.5) is 13.2 Å². The number of halogens is 3. The van der Waals surface area contributed by atoms with Crippen LogP contribution < -0.4 is 5.73 Å². The normalized spacial score (nSPS) is 13.1. The van der Waals surface area contributed by atoms with Gasteiger partial charge in [-0.15, -0.1) is 0 Å². The molecule has 0 aliphatic rings. The Morgan fingerprint density at radius 1 is 1.11 bits per heavy atom. The summed E-state index contributed by atoms with van der Waals surface area (Å²) in [6.45, 7) is 11.2. The Balaban J connectivity index is 2.44. The fraction of sp³-hybridized carbons (Fsp3) is 0.348. The van der Waals surface area contributed by atoms with Crippen molar-refractivity contribution in [1.82, 2.24) is 0 Å². The maximum absolute atomic E-state index is 14.9. The number of benzene rings is 2. The van der Waals surface area contributed by atoms with E-state index in [0.717, 1.165) is 0 Å². The maximum atomic E-state index is 14.9. The summed E-state index contributed by atoms with van der Waals surface area (Å²) in [5.74, 6) is -2.44. The molecule has 2 aromatic rings. The third-order valence-electron chi connectivity index (χ3n) is 5.15. The monoisotopic (exact) mass is 388 g/mol. The summed E-state index contributed by atoms with van der Waals surface area (Å²) in [7, 11) is 1.59. The lowest BCUT2D eigenvalue weighted by atomic mass is 9.84. The van der Waals surface area contributed by atoms with Gasteiger partial charge in [0.1, 0.15) is 5.82 Å². The van der Waals surface area contributed by atoms with Crippen molar-refractivity contribution in [1.29, 1.82) is 0 Å². The Bertz CT molecular complexity index is 904. The number of aliphatic imine (C=N–C) groups is 1. The average Bonchev–Trinajstić information content (AvgIpc) is 2.61. The van der Waals surface area contributed by atoms with E-state index >= 15 is 0 Å². The van der Waals surface area contributed by atoms with E-state index < -0.39 is 17.5 Å². The lowest BCUT2D eigenvalue weighted by molar-refractivity contribution is 0.498. The van der Waals surface area contributed by atoms with Gasteiger partial charge < -0.3 is 5.73 Å². The van der Waals surface area contributed by atoms with Crippen molar-refractivity contribution >= 4 is 5.71 Å². The maximum Gasteiger partial charge on any atom is 0.162 e. The molecule has 0 saturated heterocycles. The smallest absolute Gasteiger partial charge is 0.162 e. The van der Waals surface area contributed by atoms with Crippen LogP contribution in [-0.2, 0) is 6.42 Å². The first kappa shape index (κ1) is 21.7. The number of rotatable bonds is 6. The van der Waals surface area contributed by atoms with Crippen LogP contribution >= 0.6 is 0 Å². The second-order valence-corrected chi connectivity index (χ2v) is 7.49. The van der Waals surface area contributed by atoms with Crippen LogP contribution in [0.2, 0.25) is 0 Å². The van der Waals surface area contributed by atoms with Crippen molar-refractivity contribution < 1.29 is 13.2 Å². The van der Waals surface area contributed by atoms with Crippen molar-refractivity contribution in [3.63, 3.8) is 0 Å². The van der Waals surface area contributed by atoms with E-state index in [1.54, 1.807) is 33.0 Å². The summed E-state index contributed by atoms with van der Waals surface area (Å²) in [5.41, 5.74) is 9.32. The molecule has 0 bridgehead atoms. The van der Waals surface area contributed by atoms with Gasteiger partial charge >= 0.3 is 0 Å². The molecule has 2 N–H and O–H groups in total. The Kier molecular flexibility index (Phi) is 6.70. The molecule has 0 aromatic heterocycles. The molecule has 0 spiro atoms. The van der Waals surface area contributed by atoms with E-state index in [1.807, 2.05) is 13.8 Å². The SMILES string of the molecule is C=C(N)C(C(=NC)c1ccc(Cc2c(C)c(C)cc(F)c2F)cc1F)C(C)C. The zero-order valence-corrected chi connectivity index (χ0v) is 17.0. The van der Waals surface area contributed by atoms with Crippen molar-refractivity contribution in [2.24, 2.45) is 22.6 Å². The van der Waals surface area contributed by atoms with Gasteiger partial charge in [0.15, 0.2) is 11.6 Å². The quantitative estimate of drug-likeness (QED) is 0.654. The Labute approximate surface area is 165 Å². The molecular weight excluding hydrogens is 361 g/mol. The summed E-state index contributed by atoms with van der Waals surface area (Å²) in [6, 6.07) is 5.84. The Morgan fingerprint density at radius 3 is 2.25 bits per heavy atom. The predicted octanol–water partition coefficient (Wildman–Crippen LogP) is 5.48. The van der Waals surface area contributed by atoms with Gasteiger partial charge in [0, 0.05) is 30.6 Å². The molecular formula is C23H27F3N2. The van der Waals surface area contributed by atoms with Gasteiger partial charge in [0.2, 0.25) is 0 Å². The van der Waals surface area contributed by atoms with Gasteiger partial charge in [-0.05, 0) is 60.2 Å². The second kappa shape index (κ2) is 8.63. The van der Waals surface area contributed by atoms with Gasteiger partial charge in [-0.1, -0.05) is 26.5 Å². The summed E-state index contributed by atoms with van der Waals surface area (Å²) in [5, 5.41) is 0. The van der Waals surface area contributed by atoms with Crippen molar-refractivity contribution in [3.05, 3.63) is 81.8 Å². The highest BCUT2D eigenvalue weighted by molar-refractivity contribution is 6.04. The first-order valence-corrected chi connectivity index (χ1v) is 9.22. The minimum atomic E-state index is -0.892. The first-order valence-electron chi connectivity index (χ1n) is 9.22. The Morgan fingerprint density at radius 2 is 1.75 bits per heavy atom. The minimum Gasteiger partial charge on any atom is -0.402 e. The van der Waals surface area contributed by atoms with E-state index in [1.165, 1.54) is 12.1 Å². The third kappa shape index (κ3) is 4.29. The summed E-state index contributed by atoms with van der Waals surface area (Å²) >= 11 is 0. The molecule has 0 fully saturated rings. The van der Waals surface area contributed by atoms with E-state index in [0.29, 0.717) is 33.7 Å².